The molecule has 26 heavy (non-hydrogen) atoms. The Labute approximate surface area is 150 Å². The lowest BCUT2D eigenvalue weighted by Crippen LogP contribution is -2.45. The summed E-state index contributed by atoms with van der Waals surface area (Å²) >= 11 is 0. The highest BCUT2D eigenvalue weighted by molar-refractivity contribution is 5.95. The fourth-order valence-corrected chi connectivity index (χ4v) is 2.85. The molecule has 0 saturated carbocycles. The molecule has 0 radical (unpaired) electrons. The zero-order valence-electron chi connectivity index (χ0n) is 14.3. The highest BCUT2D eigenvalue weighted by Crippen LogP contribution is 2.14. The molecule has 2 fully saturated rings. The van der Waals surface area contributed by atoms with Gasteiger partial charge in [-0.2, -0.15) is 0 Å². The topological polar surface area (TPSA) is 151 Å². The molecule has 0 aromatic carbocycles. The molecule has 0 aromatic heterocycles. The Hall–Kier alpha value is -1.88. The molecule has 0 aliphatic carbocycles. The lowest BCUT2D eigenvalue weighted by atomic mass is 10.00. The molecule has 146 valence electrons. The van der Waals surface area contributed by atoms with E-state index in [0.29, 0.717) is 25.9 Å². The van der Waals surface area contributed by atoms with Crippen molar-refractivity contribution >= 4 is 23.9 Å². The first-order valence-electron chi connectivity index (χ1n) is 8.68. The Kier molecular flexibility index (Phi) is 7.64. The zero-order valence-corrected chi connectivity index (χ0v) is 14.3. The van der Waals surface area contributed by atoms with Gasteiger partial charge in [-0.25, -0.2) is 9.59 Å². The zero-order chi connectivity index (χ0) is 19.1. The Morgan fingerprint density at radius 3 is 1.46 bits per heavy atom. The fourth-order valence-electron chi connectivity index (χ4n) is 2.85. The van der Waals surface area contributed by atoms with E-state index in [4.69, 9.17) is 0 Å². The molecule has 2 aliphatic rings. The predicted molar refractivity (Wildman–Crippen MR) is 85.4 cm³/mol. The lowest BCUT2D eigenvalue weighted by Gasteiger charge is -2.22. The summed E-state index contributed by atoms with van der Waals surface area (Å²) in [5, 5.41) is 25.4. The van der Waals surface area contributed by atoms with Crippen molar-refractivity contribution in [3.05, 3.63) is 0 Å². The van der Waals surface area contributed by atoms with Gasteiger partial charge >= 0.3 is 23.9 Å². The summed E-state index contributed by atoms with van der Waals surface area (Å²) in [5.41, 5.74) is 0. The molecule has 2 rings (SSSR count). The van der Waals surface area contributed by atoms with Crippen LogP contribution in [0.15, 0.2) is 0 Å². The largest absolute Gasteiger partial charge is 0.391 e. The number of esters is 4. The van der Waals surface area contributed by atoms with E-state index >= 15 is 0 Å². The normalized spacial score (nSPS) is 25.6. The average molecular weight is 372 g/mol. The first-order chi connectivity index (χ1) is 12.4. The smallest absolute Gasteiger partial charge is 0.346 e. The van der Waals surface area contributed by atoms with Crippen LogP contribution in [-0.4, -0.2) is 72.5 Å². The van der Waals surface area contributed by atoms with Gasteiger partial charge in [0.25, 0.3) is 0 Å². The van der Waals surface area contributed by atoms with Crippen molar-refractivity contribution in [3.8, 4) is 0 Å². The number of hydrogen-bond acceptors (Lipinski definition) is 10. The number of aliphatic hydroxyl groups is 2. The third kappa shape index (κ3) is 5.56. The Bertz CT molecular complexity index is 492. The van der Waals surface area contributed by atoms with Crippen LogP contribution in [0, 0.1) is 11.8 Å². The van der Waals surface area contributed by atoms with E-state index in [9.17, 15) is 29.4 Å². The number of carbonyl (C=O) groups is 4. The standard InChI is InChI=1S/C16H24N2O8/c19-11(15(23)25-13(21)9-3-1-5-17-7-9)12(20)16(24)26-14(22)10-4-2-6-18-8-10/h9-12,17-20H,1-8H2. The minimum atomic E-state index is -2.32. The Morgan fingerprint density at radius 1 is 0.769 bits per heavy atom. The molecule has 10 heteroatoms. The minimum Gasteiger partial charge on any atom is -0.391 e. The van der Waals surface area contributed by atoms with Crippen LogP contribution in [0.4, 0.5) is 0 Å². The summed E-state index contributed by atoms with van der Waals surface area (Å²) in [7, 11) is 0. The fraction of sp³-hybridized carbons (Fsp3) is 0.750. The predicted octanol–water partition coefficient (Wildman–Crippen LogP) is -2.15. The number of piperidine rings is 2. The maximum Gasteiger partial charge on any atom is 0.346 e. The lowest BCUT2D eigenvalue weighted by molar-refractivity contribution is -0.183. The number of ether oxygens (including phenoxy) is 2. The van der Waals surface area contributed by atoms with E-state index in [1.165, 1.54) is 0 Å². The number of rotatable bonds is 5. The molecule has 2 heterocycles. The molecule has 0 spiro atoms. The third-order valence-corrected chi connectivity index (χ3v) is 4.44. The van der Waals surface area contributed by atoms with Crippen LogP contribution in [0.3, 0.4) is 0 Å². The number of carbonyl (C=O) groups excluding carboxylic acids is 4. The van der Waals surface area contributed by atoms with Gasteiger partial charge in [0.15, 0.2) is 12.2 Å². The summed E-state index contributed by atoms with van der Waals surface area (Å²) in [6.07, 6.45) is -2.10. The van der Waals surface area contributed by atoms with Crippen molar-refractivity contribution in [2.45, 2.75) is 37.9 Å². The van der Waals surface area contributed by atoms with E-state index < -0.39 is 47.9 Å². The summed E-state index contributed by atoms with van der Waals surface area (Å²) in [6, 6.07) is 0. The molecule has 10 nitrogen and oxygen atoms in total. The van der Waals surface area contributed by atoms with E-state index in [0.717, 1.165) is 25.9 Å². The van der Waals surface area contributed by atoms with E-state index in [1.54, 1.807) is 0 Å². The van der Waals surface area contributed by atoms with Gasteiger partial charge in [-0.1, -0.05) is 0 Å². The maximum absolute atomic E-state index is 11.8. The second-order valence-corrected chi connectivity index (χ2v) is 6.46. The Balaban J connectivity index is 1.81. The van der Waals surface area contributed by atoms with Crippen LogP contribution in [0.25, 0.3) is 0 Å². The second kappa shape index (κ2) is 9.72. The molecule has 0 bridgehead atoms. The molecule has 4 N–H and O–H groups in total. The van der Waals surface area contributed by atoms with Crippen molar-refractivity contribution in [1.82, 2.24) is 10.6 Å². The molecule has 2 aliphatic heterocycles. The van der Waals surface area contributed by atoms with Crippen LogP contribution in [-0.2, 0) is 28.7 Å². The number of aliphatic hydroxyl groups excluding tert-OH is 2. The van der Waals surface area contributed by atoms with Gasteiger partial charge in [-0.3, -0.25) is 9.59 Å². The number of hydrogen-bond donors (Lipinski definition) is 4. The van der Waals surface area contributed by atoms with Crippen LogP contribution in [0.1, 0.15) is 25.7 Å². The van der Waals surface area contributed by atoms with Gasteiger partial charge in [0.2, 0.25) is 0 Å². The highest BCUT2D eigenvalue weighted by Gasteiger charge is 2.37. The third-order valence-electron chi connectivity index (χ3n) is 4.44. The molecule has 0 aromatic rings. The molecule has 2 saturated heterocycles. The summed E-state index contributed by atoms with van der Waals surface area (Å²) in [4.78, 5) is 47.2. The van der Waals surface area contributed by atoms with Crippen LogP contribution in [0.5, 0.6) is 0 Å². The first-order valence-corrected chi connectivity index (χ1v) is 8.68. The van der Waals surface area contributed by atoms with Crippen molar-refractivity contribution in [3.63, 3.8) is 0 Å². The van der Waals surface area contributed by atoms with Crippen LogP contribution < -0.4 is 10.6 Å². The van der Waals surface area contributed by atoms with Gasteiger partial charge in [0, 0.05) is 13.1 Å². The monoisotopic (exact) mass is 372 g/mol. The SMILES string of the molecule is O=C(OC(=O)C(O)C(O)C(=O)OC(=O)C1CCCNC1)C1CCCNC1. The van der Waals surface area contributed by atoms with Crippen molar-refractivity contribution in [1.29, 1.82) is 0 Å². The second-order valence-electron chi connectivity index (χ2n) is 6.46. The van der Waals surface area contributed by atoms with Gasteiger partial charge < -0.3 is 30.3 Å². The average Bonchev–Trinajstić information content (AvgIpc) is 2.67. The van der Waals surface area contributed by atoms with Crippen molar-refractivity contribution < 1.29 is 38.9 Å². The van der Waals surface area contributed by atoms with Crippen molar-refractivity contribution in [2.75, 3.05) is 26.2 Å². The van der Waals surface area contributed by atoms with Gasteiger partial charge in [-0.15, -0.1) is 0 Å². The first kappa shape index (κ1) is 20.4. The van der Waals surface area contributed by atoms with E-state index in [2.05, 4.69) is 20.1 Å². The molecule has 0 amide bonds. The summed E-state index contributed by atoms with van der Waals surface area (Å²) in [6.45, 7) is 2.21. The number of nitrogens with one attached hydrogen (secondary N) is 2. The molecule has 4 unspecified atom stereocenters. The van der Waals surface area contributed by atoms with E-state index in [1.807, 2.05) is 0 Å². The Morgan fingerprint density at radius 2 is 1.15 bits per heavy atom. The molecule has 4 atom stereocenters. The van der Waals surface area contributed by atoms with Gasteiger partial charge in [0.1, 0.15) is 0 Å². The highest BCUT2D eigenvalue weighted by atomic mass is 16.6. The summed E-state index contributed by atoms with van der Waals surface area (Å²) < 4.78 is 9.03. The van der Waals surface area contributed by atoms with Crippen LogP contribution in [0.2, 0.25) is 0 Å². The van der Waals surface area contributed by atoms with E-state index in [-0.39, 0.29) is 0 Å². The molecular formula is C16H24N2O8. The van der Waals surface area contributed by atoms with Gasteiger partial charge in [-0.05, 0) is 38.8 Å². The van der Waals surface area contributed by atoms with Gasteiger partial charge in [0.05, 0.1) is 11.8 Å². The van der Waals surface area contributed by atoms with Crippen molar-refractivity contribution in [2.24, 2.45) is 11.8 Å². The quantitative estimate of drug-likeness (QED) is 0.310. The molecular weight excluding hydrogens is 348 g/mol. The summed E-state index contributed by atoms with van der Waals surface area (Å²) in [5.74, 6) is -5.68. The maximum atomic E-state index is 11.8. The van der Waals surface area contributed by atoms with Crippen LogP contribution >= 0.6 is 0 Å². The minimum absolute atomic E-state index is 0.344.